The van der Waals surface area contributed by atoms with E-state index in [1.807, 2.05) is 19.1 Å². The van der Waals surface area contributed by atoms with Gasteiger partial charge in [0.1, 0.15) is 5.15 Å². The lowest BCUT2D eigenvalue weighted by Gasteiger charge is -1.97. The standard InChI is InChI=1S/C9H8Cl2N2/c1-5-3-4-6-7(8(5)10)9(11)13(2)12-6/h3-4H,1-2H3. The average molecular weight is 215 g/mol. The van der Waals surface area contributed by atoms with Crippen LogP contribution in [0.2, 0.25) is 10.2 Å². The fourth-order valence-electron chi connectivity index (χ4n) is 1.32. The van der Waals surface area contributed by atoms with Crippen LogP contribution < -0.4 is 0 Å². The van der Waals surface area contributed by atoms with Crippen molar-refractivity contribution in [1.82, 2.24) is 9.78 Å². The van der Waals surface area contributed by atoms with E-state index in [1.165, 1.54) is 0 Å². The third kappa shape index (κ3) is 1.21. The van der Waals surface area contributed by atoms with Crippen molar-refractivity contribution >= 4 is 34.1 Å². The van der Waals surface area contributed by atoms with Crippen molar-refractivity contribution in [3.8, 4) is 0 Å². The zero-order valence-corrected chi connectivity index (χ0v) is 8.82. The number of benzene rings is 1. The Balaban J connectivity index is 2.97. The van der Waals surface area contributed by atoms with Crippen LogP contribution in [0, 0.1) is 6.92 Å². The summed E-state index contributed by atoms with van der Waals surface area (Å²) in [5.74, 6) is 0. The van der Waals surface area contributed by atoms with Crippen LogP contribution in [0.25, 0.3) is 10.9 Å². The maximum atomic E-state index is 6.11. The van der Waals surface area contributed by atoms with E-state index in [-0.39, 0.29) is 0 Å². The molecule has 0 saturated heterocycles. The molecule has 0 aliphatic heterocycles. The molecule has 0 aliphatic carbocycles. The quantitative estimate of drug-likeness (QED) is 0.659. The highest BCUT2D eigenvalue weighted by molar-refractivity contribution is 6.42. The van der Waals surface area contributed by atoms with Gasteiger partial charge in [-0.05, 0) is 18.6 Å². The zero-order chi connectivity index (χ0) is 9.59. The SMILES string of the molecule is Cc1ccc2nn(C)c(Cl)c2c1Cl. The van der Waals surface area contributed by atoms with Crippen LogP contribution in [0.3, 0.4) is 0 Å². The van der Waals surface area contributed by atoms with Gasteiger partial charge in [-0.15, -0.1) is 0 Å². The van der Waals surface area contributed by atoms with E-state index in [0.29, 0.717) is 10.2 Å². The minimum Gasteiger partial charge on any atom is -0.256 e. The normalized spacial score (nSPS) is 11.1. The molecule has 4 heteroatoms. The molecule has 2 rings (SSSR count). The van der Waals surface area contributed by atoms with Crippen molar-refractivity contribution < 1.29 is 0 Å². The van der Waals surface area contributed by atoms with Gasteiger partial charge in [0.2, 0.25) is 0 Å². The molecule has 13 heavy (non-hydrogen) atoms. The summed E-state index contributed by atoms with van der Waals surface area (Å²) in [6.45, 7) is 1.95. The van der Waals surface area contributed by atoms with Gasteiger partial charge in [-0.3, -0.25) is 4.68 Å². The first-order valence-electron chi connectivity index (χ1n) is 3.88. The number of aromatic nitrogens is 2. The summed E-state index contributed by atoms with van der Waals surface area (Å²) in [5, 5.41) is 6.33. The number of halogens is 2. The summed E-state index contributed by atoms with van der Waals surface area (Å²) in [5.41, 5.74) is 1.85. The fourth-order valence-corrected chi connectivity index (χ4v) is 1.84. The minimum absolute atomic E-state index is 0.587. The van der Waals surface area contributed by atoms with E-state index in [9.17, 15) is 0 Å². The summed E-state index contributed by atoms with van der Waals surface area (Å²) in [6.07, 6.45) is 0. The molecule has 0 amide bonds. The van der Waals surface area contributed by atoms with Gasteiger partial charge in [-0.2, -0.15) is 5.10 Å². The van der Waals surface area contributed by atoms with E-state index < -0.39 is 0 Å². The third-order valence-electron chi connectivity index (χ3n) is 2.06. The summed E-state index contributed by atoms with van der Waals surface area (Å²) in [6, 6.07) is 3.86. The Hall–Kier alpha value is -0.730. The van der Waals surface area contributed by atoms with Crippen LogP contribution in [0.15, 0.2) is 12.1 Å². The van der Waals surface area contributed by atoms with Crippen molar-refractivity contribution in [2.45, 2.75) is 6.92 Å². The number of hydrogen-bond acceptors (Lipinski definition) is 1. The van der Waals surface area contributed by atoms with Gasteiger partial charge < -0.3 is 0 Å². The molecule has 0 radical (unpaired) electrons. The van der Waals surface area contributed by atoms with Crippen LogP contribution >= 0.6 is 23.2 Å². The van der Waals surface area contributed by atoms with Crippen LogP contribution in [0.1, 0.15) is 5.56 Å². The molecule has 0 bridgehead atoms. The first-order valence-corrected chi connectivity index (χ1v) is 4.64. The Morgan fingerprint density at radius 1 is 1.31 bits per heavy atom. The smallest absolute Gasteiger partial charge is 0.136 e. The van der Waals surface area contributed by atoms with E-state index in [0.717, 1.165) is 16.5 Å². The lowest BCUT2D eigenvalue weighted by molar-refractivity contribution is 0.780. The summed E-state index contributed by atoms with van der Waals surface area (Å²) in [7, 11) is 1.80. The summed E-state index contributed by atoms with van der Waals surface area (Å²) >= 11 is 12.1. The van der Waals surface area contributed by atoms with Crippen molar-refractivity contribution in [3.63, 3.8) is 0 Å². The summed E-state index contributed by atoms with van der Waals surface area (Å²) in [4.78, 5) is 0. The molecule has 0 unspecified atom stereocenters. The van der Waals surface area contributed by atoms with Gasteiger partial charge in [-0.25, -0.2) is 0 Å². The molecule has 0 aliphatic rings. The molecular formula is C9H8Cl2N2. The molecule has 1 aromatic heterocycles. The second-order valence-corrected chi connectivity index (χ2v) is 3.74. The van der Waals surface area contributed by atoms with E-state index >= 15 is 0 Å². The molecule has 0 atom stereocenters. The Bertz CT molecular complexity index is 474. The lowest BCUT2D eigenvalue weighted by atomic mass is 10.2. The highest BCUT2D eigenvalue weighted by Crippen LogP contribution is 2.31. The molecule has 0 saturated carbocycles. The van der Waals surface area contributed by atoms with Gasteiger partial charge >= 0.3 is 0 Å². The second kappa shape index (κ2) is 2.89. The first-order chi connectivity index (χ1) is 6.11. The van der Waals surface area contributed by atoms with Crippen molar-refractivity contribution in [2.24, 2.45) is 7.05 Å². The molecule has 0 fully saturated rings. The maximum Gasteiger partial charge on any atom is 0.136 e. The molecular weight excluding hydrogens is 207 g/mol. The third-order valence-corrected chi connectivity index (χ3v) is 2.98. The highest BCUT2D eigenvalue weighted by Gasteiger charge is 2.11. The van der Waals surface area contributed by atoms with Gasteiger partial charge in [0.15, 0.2) is 0 Å². The van der Waals surface area contributed by atoms with Gasteiger partial charge in [0, 0.05) is 7.05 Å². The van der Waals surface area contributed by atoms with Crippen LogP contribution in [0.4, 0.5) is 0 Å². The maximum absolute atomic E-state index is 6.11. The largest absolute Gasteiger partial charge is 0.256 e. The van der Waals surface area contributed by atoms with Gasteiger partial charge in [0.05, 0.1) is 15.9 Å². The van der Waals surface area contributed by atoms with Crippen molar-refractivity contribution in [1.29, 1.82) is 0 Å². The zero-order valence-electron chi connectivity index (χ0n) is 7.31. The summed E-state index contributed by atoms with van der Waals surface area (Å²) < 4.78 is 1.62. The van der Waals surface area contributed by atoms with Crippen molar-refractivity contribution in [3.05, 3.63) is 27.9 Å². The van der Waals surface area contributed by atoms with Crippen LogP contribution in [0.5, 0.6) is 0 Å². The molecule has 1 heterocycles. The van der Waals surface area contributed by atoms with Gasteiger partial charge in [0.25, 0.3) is 0 Å². The monoisotopic (exact) mass is 214 g/mol. The van der Waals surface area contributed by atoms with Crippen molar-refractivity contribution in [2.75, 3.05) is 0 Å². The van der Waals surface area contributed by atoms with E-state index in [2.05, 4.69) is 5.10 Å². The topological polar surface area (TPSA) is 17.8 Å². The predicted molar refractivity (Wildman–Crippen MR) is 55.5 cm³/mol. The molecule has 1 aromatic carbocycles. The average Bonchev–Trinajstić information content (AvgIpc) is 2.37. The Morgan fingerprint density at radius 2 is 2.00 bits per heavy atom. The molecule has 2 aromatic rings. The first kappa shape index (κ1) is 8.85. The number of nitrogens with zero attached hydrogens (tertiary/aromatic N) is 2. The number of hydrogen-bond donors (Lipinski definition) is 0. The molecule has 2 nitrogen and oxygen atoms in total. The predicted octanol–water partition coefficient (Wildman–Crippen LogP) is 3.19. The lowest BCUT2D eigenvalue weighted by Crippen LogP contribution is -1.87. The molecule has 0 spiro atoms. The number of fused-ring (bicyclic) bond motifs is 1. The van der Waals surface area contributed by atoms with Crippen LogP contribution in [-0.2, 0) is 7.05 Å². The minimum atomic E-state index is 0.587. The second-order valence-electron chi connectivity index (χ2n) is 3.00. The Kier molecular flexibility index (Phi) is 1.97. The number of aryl methyl sites for hydroxylation is 2. The molecule has 68 valence electrons. The Labute approximate surface area is 86.1 Å². The molecule has 0 N–H and O–H groups in total. The number of rotatable bonds is 0. The van der Waals surface area contributed by atoms with Gasteiger partial charge in [-0.1, -0.05) is 29.3 Å². The van der Waals surface area contributed by atoms with Crippen LogP contribution in [-0.4, -0.2) is 9.78 Å². The fraction of sp³-hybridized carbons (Fsp3) is 0.222. The van der Waals surface area contributed by atoms with E-state index in [1.54, 1.807) is 11.7 Å². The Morgan fingerprint density at radius 3 is 2.69 bits per heavy atom. The van der Waals surface area contributed by atoms with E-state index in [4.69, 9.17) is 23.2 Å². The highest BCUT2D eigenvalue weighted by atomic mass is 35.5.